The first kappa shape index (κ1) is 20.5. The summed E-state index contributed by atoms with van der Waals surface area (Å²) in [6, 6.07) is 17.9. The van der Waals surface area contributed by atoms with E-state index >= 15 is 0 Å². The Morgan fingerprint density at radius 2 is 1.67 bits per heavy atom. The zero-order chi connectivity index (χ0) is 19.3. The van der Waals surface area contributed by atoms with Gasteiger partial charge in [0.25, 0.3) is 0 Å². The molecule has 0 heterocycles. The third kappa shape index (κ3) is 7.50. The number of anilines is 1. The van der Waals surface area contributed by atoms with E-state index in [2.05, 4.69) is 30.6 Å². The summed E-state index contributed by atoms with van der Waals surface area (Å²) >= 11 is 0. The second kappa shape index (κ2) is 11.7. The van der Waals surface area contributed by atoms with Gasteiger partial charge in [0.2, 0.25) is 5.91 Å². The van der Waals surface area contributed by atoms with Gasteiger partial charge in [0.1, 0.15) is 5.75 Å². The molecule has 27 heavy (non-hydrogen) atoms. The molecular weight excluding hydrogens is 336 g/mol. The van der Waals surface area contributed by atoms with Crippen molar-refractivity contribution in [1.82, 2.24) is 4.90 Å². The predicted octanol–water partition coefficient (Wildman–Crippen LogP) is 4.31. The fourth-order valence-electron chi connectivity index (χ4n) is 2.76. The second-order valence-electron chi connectivity index (χ2n) is 6.25. The molecule has 0 saturated heterocycles. The molecule has 0 saturated carbocycles. The van der Waals surface area contributed by atoms with Gasteiger partial charge < -0.3 is 10.1 Å². The number of aryl methyl sites for hydroxylation is 1. The molecule has 2 rings (SSSR count). The van der Waals surface area contributed by atoms with Crippen LogP contribution in [0.2, 0.25) is 0 Å². The lowest BCUT2D eigenvalue weighted by Gasteiger charge is -2.19. The zero-order valence-corrected chi connectivity index (χ0v) is 15.8. The van der Waals surface area contributed by atoms with Gasteiger partial charge in [-0.25, -0.2) is 0 Å². The van der Waals surface area contributed by atoms with Crippen LogP contribution in [-0.2, 0) is 11.2 Å². The Morgan fingerprint density at radius 3 is 2.37 bits per heavy atom. The Kier molecular flexibility index (Phi) is 8.87. The third-order valence-electron chi connectivity index (χ3n) is 4.01. The maximum absolute atomic E-state index is 12.4. The highest BCUT2D eigenvalue weighted by molar-refractivity contribution is 5.93. The molecule has 0 aliphatic carbocycles. The molecule has 0 atom stereocenters. The molecule has 0 bridgehead atoms. The van der Waals surface area contributed by atoms with E-state index in [-0.39, 0.29) is 12.5 Å². The summed E-state index contributed by atoms with van der Waals surface area (Å²) in [5.74, 6) is 0.608. The molecular formula is C23H28N2O2. The molecule has 0 aromatic heterocycles. The molecule has 0 aliphatic heterocycles. The Morgan fingerprint density at radius 1 is 1.00 bits per heavy atom. The monoisotopic (exact) mass is 364 g/mol. The molecule has 0 spiro atoms. The van der Waals surface area contributed by atoms with Gasteiger partial charge in [0, 0.05) is 13.1 Å². The minimum Gasteiger partial charge on any atom is -0.491 e. The lowest BCUT2D eigenvalue weighted by Crippen LogP contribution is -2.33. The summed E-state index contributed by atoms with van der Waals surface area (Å²) in [4.78, 5) is 14.3. The highest BCUT2D eigenvalue weighted by atomic mass is 16.5. The molecule has 0 radical (unpaired) electrons. The SMILES string of the molecule is C=CCN(CC=C)CC(=O)Nc1ccccc1OCCCc1ccccc1. The lowest BCUT2D eigenvalue weighted by molar-refractivity contribution is -0.117. The normalized spacial score (nSPS) is 10.4. The fourth-order valence-corrected chi connectivity index (χ4v) is 2.76. The van der Waals surface area contributed by atoms with Crippen molar-refractivity contribution >= 4 is 11.6 Å². The summed E-state index contributed by atoms with van der Waals surface area (Å²) < 4.78 is 5.90. The number of rotatable bonds is 12. The van der Waals surface area contributed by atoms with Gasteiger partial charge in [-0.2, -0.15) is 0 Å². The van der Waals surface area contributed by atoms with Crippen molar-refractivity contribution in [2.24, 2.45) is 0 Å². The molecule has 1 amide bonds. The molecule has 0 aliphatic rings. The first-order valence-corrected chi connectivity index (χ1v) is 9.22. The second-order valence-corrected chi connectivity index (χ2v) is 6.25. The number of carbonyl (C=O) groups excluding carboxylic acids is 1. The van der Waals surface area contributed by atoms with Crippen molar-refractivity contribution in [3.63, 3.8) is 0 Å². The number of para-hydroxylation sites is 2. The zero-order valence-electron chi connectivity index (χ0n) is 15.8. The number of amides is 1. The van der Waals surface area contributed by atoms with Crippen molar-refractivity contribution in [1.29, 1.82) is 0 Å². The first-order chi connectivity index (χ1) is 13.2. The van der Waals surface area contributed by atoms with Gasteiger partial charge in [-0.15, -0.1) is 13.2 Å². The van der Waals surface area contributed by atoms with Crippen LogP contribution in [0.15, 0.2) is 79.9 Å². The quantitative estimate of drug-likeness (QED) is 0.451. The highest BCUT2D eigenvalue weighted by Gasteiger charge is 2.11. The van der Waals surface area contributed by atoms with E-state index in [1.165, 1.54) is 5.56 Å². The van der Waals surface area contributed by atoms with E-state index < -0.39 is 0 Å². The molecule has 4 nitrogen and oxygen atoms in total. The molecule has 4 heteroatoms. The number of ether oxygens (including phenoxy) is 1. The van der Waals surface area contributed by atoms with Crippen LogP contribution >= 0.6 is 0 Å². The summed E-state index contributed by atoms with van der Waals surface area (Å²) in [5, 5.41) is 2.94. The topological polar surface area (TPSA) is 41.6 Å². The van der Waals surface area contributed by atoms with Crippen LogP contribution in [-0.4, -0.2) is 37.0 Å². The van der Waals surface area contributed by atoms with Crippen LogP contribution in [0, 0.1) is 0 Å². The first-order valence-electron chi connectivity index (χ1n) is 9.22. The van der Waals surface area contributed by atoms with Crippen LogP contribution in [0.3, 0.4) is 0 Å². The standard InChI is InChI=1S/C23H28N2O2/c1-3-16-25(17-4-2)19-23(26)24-21-14-8-9-15-22(21)27-18-10-13-20-11-6-5-7-12-20/h3-9,11-12,14-15H,1-2,10,13,16-19H2,(H,24,26). The Balaban J connectivity index is 1.85. The summed E-state index contributed by atoms with van der Waals surface area (Å²) in [6.07, 6.45) is 5.44. The number of nitrogens with one attached hydrogen (secondary N) is 1. The van der Waals surface area contributed by atoms with Crippen LogP contribution < -0.4 is 10.1 Å². The Hall–Kier alpha value is -2.85. The van der Waals surface area contributed by atoms with Crippen LogP contribution in [0.25, 0.3) is 0 Å². The van der Waals surface area contributed by atoms with Gasteiger partial charge in [-0.1, -0.05) is 54.6 Å². The molecule has 0 unspecified atom stereocenters. The smallest absolute Gasteiger partial charge is 0.238 e. The predicted molar refractivity (Wildman–Crippen MR) is 112 cm³/mol. The molecule has 2 aromatic rings. The maximum atomic E-state index is 12.4. The van der Waals surface area contributed by atoms with Crippen molar-refractivity contribution in [3.05, 3.63) is 85.5 Å². The third-order valence-corrected chi connectivity index (χ3v) is 4.01. The van der Waals surface area contributed by atoms with Gasteiger partial charge in [-0.05, 0) is 30.5 Å². The largest absolute Gasteiger partial charge is 0.491 e. The van der Waals surface area contributed by atoms with Crippen molar-refractivity contribution in [3.8, 4) is 5.75 Å². The van der Waals surface area contributed by atoms with E-state index in [1.54, 1.807) is 12.2 Å². The average Bonchev–Trinajstić information content (AvgIpc) is 2.67. The van der Waals surface area contributed by atoms with Gasteiger partial charge >= 0.3 is 0 Å². The minimum absolute atomic E-state index is 0.0842. The maximum Gasteiger partial charge on any atom is 0.238 e. The van der Waals surface area contributed by atoms with E-state index in [1.807, 2.05) is 47.4 Å². The number of hydrogen-bond donors (Lipinski definition) is 1. The fraction of sp³-hybridized carbons (Fsp3) is 0.261. The van der Waals surface area contributed by atoms with Gasteiger partial charge in [-0.3, -0.25) is 9.69 Å². The molecule has 2 aromatic carbocycles. The number of carbonyl (C=O) groups is 1. The van der Waals surface area contributed by atoms with E-state index in [0.29, 0.717) is 31.1 Å². The molecule has 1 N–H and O–H groups in total. The van der Waals surface area contributed by atoms with Gasteiger partial charge in [0.05, 0.1) is 18.8 Å². The summed E-state index contributed by atoms with van der Waals surface area (Å²) in [7, 11) is 0. The summed E-state index contributed by atoms with van der Waals surface area (Å²) in [6.45, 7) is 9.60. The lowest BCUT2D eigenvalue weighted by atomic mass is 10.1. The van der Waals surface area contributed by atoms with Crippen molar-refractivity contribution < 1.29 is 9.53 Å². The van der Waals surface area contributed by atoms with E-state index in [9.17, 15) is 4.79 Å². The average molecular weight is 364 g/mol. The summed E-state index contributed by atoms with van der Waals surface area (Å²) in [5.41, 5.74) is 1.99. The van der Waals surface area contributed by atoms with Crippen molar-refractivity contribution in [2.45, 2.75) is 12.8 Å². The number of nitrogens with zero attached hydrogens (tertiary/aromatic N) is 1. The van der Waals surface area contributed by atoms with Crippen molar-refractivity contribution in [2.75, 3.05) is 31.6 Å². The van der Waals surface area contributed by atoms with Gasteiger partial charge in [0.15, 0.2) is 0 Å². The van der Waals surface area contributed by atoms with Crippen LogP contribution in [0.5, 0.6) is 5.75 Å². The molecule has 142 valence electrons. The van der Waals surface area contributed by atoms with Crippen LogP contribution in [0.4, 0.5) is 5.69 Å². The van der Waals surface area contributed by atoms with Crippen LogP contribution in [0.1, 0.15) is 12.0 Å². The highest BCUT2D eigenvalue weighted by Crippen LogP contribution is 2.24. The van der Waals surface area contributed by atoms with E-state index in [4.69, 9.17) is 4.74 Å². The molecule has 0 fully saturated rings. The van der Waals surface area contributed by atoms with E-state index in [0.717, 1.165) is 12.8 Å². The number of benzene rings is 2. The minimum atomic E-state index is -0.0842. The Bertz CT molecular complexity index is 718. The number of hydrogen-bond acceptors (Lipinski definition) is 3. The Labute approximate surface area is 162 Å².